The number of hydrogen-bond acceptors (Lipinski definition) is 8. The maximum Gasteiger partial charge on any atom is 0.407 e. The lowest BCUT2D eigenvalue weighted by atomic mass is 9.92. The van der Waals surface area contributed by atoms with Crippen LogP contribution in [0, 0.1) is 15.5 Å². The Morgan fingerprint density at radius 2 is 2.02 bits per heavy atom. The van der Waals surface area contributed by atoms with Crippen molar-refractivity contribution >= 4 is 45.7 Å². The number of aromatic nitrogens is 5. The number of amides is 1. The van der Waals surface area contributed by atoms with Crippen LogP contribution in [0.2, 0.25) is 0 Å². The first kappa shape index (κ1) is 26.6. The molecular formula is C30H32IN7O3. The molecule has 3 aromatic heterocycles. The fourth-order valence-corrected chi connectivity index (χ4v) is 7.36. The van der Waals surface area contributed by atoms with Crippen LogP contribution in [-0.2, 0) is 21.5 Å². The van der Waals surface area contributed by atoms with E-state index in [1.54, 1.807) is 6.20 Å². The Morgan fingerprint density at radius 1 is 1.12 bits per heavy atom. The molecule has 3 fully saturated rings. The number of nitrogens with one attached hydrogen (secondary N) is 1. The van der Waals surface area contributed by atoms with E-state index < -0.39 is 6.09 Å². The first-order valence-electron chi connectivity index (χ1n) is 14.3. The Balaban J connectivity index is 1.09. The van der Waals surface area contributed by atoms with Crippen molar-refractivity contribution in [1.82, 2.24) is 30.0 Å². The number of piperidine rings is 1. The molecule has 212 valence electrons. The minimum absolute atomic E-state index is 0.0977. The second kappa shape index (κ2) is 11.2. The Kier molecular flexibility index (Phi) is 7.23. The topological polar surface area (TPSA) is 107 Å². The van der Waals surface area contributed by atoms with Crippen LogP contribution >= 0.6 is 22.6 Å². The molecule has 11 heteroatoms. The molecule has 3 aliphatic rings. The highest BCUT2D eigenvalue weighted by molar-refractivity contribution is 14.1. The molecule has 41 heavy (non-hydrogen) atoms. The highest BCUT2D eigenvalue weighted by atomic mass is 127. The van der Waals surface area contributed by atoms with Gasteiger partial charge in [0, 0.05) is 44.0 Å². The molecule has 1 saturated carbocycles. The molecule has 4 atom stereocenters. The first-order valence-corrected chi connectivity index (χ1v) is 15.3. The molecule has 4 aromatic rings. The van der Waals surface area contributed by atoms with E-state index in [2.05, 4.69) is 43.9 Å². The van der Waals surface area contributed by atoms with E-state index in [1.807, 2.05) is 53.5 Å². The van der Waals surface area contributed by atoms with Gasteiger partial charge in [-0.05, 0) is 77.3 Å². The molecule has 4 unspecified atom stereocenters. The molecular weight excluding hydrogens is 633 g/mol. The Bertz CT molecular complexity index is 1530. The lowest BCUT2D eigenvalue weighted by Crippen LogP contribution is -2.35. The van der Waals surface area contributed by atoms with E-state index in [4.69, 9.17) is 24.5 Å². The van der Waals surface area contributed by atoms with Gasteiger partial charge in [0.1, 0.15) is 17.9 Å². The van der Waals surface area contributed by atoms with Crippen molar-refractivity contribution in [2.75, 3.05) is 31.1 Å². The average molecular weight is 666 g/mol. The predicted molar refractivity (Wildman–Crippen MR) is 161 cm³/mol. The van der Waals surface area contributed by atoms with Gasteiger partial charge < -0.3 is 19.7 Å². The molecule has 7 rings (SSSR count). The van der Waals surface area contributed by atoms with Crippen molar-refractivity contribution in [3.05, 3.63) is 75.9 Å². The number of fused-ring (bicyclic) bond motifs is 2. The summed E-state index contributed by atoms with van der Waals surface area (Å²) in [6.45, 7) is 3.19. The third-order valence-corrected chi connectivity index (χ3v) is 9.59. The van der Waals surface area contributed by atoms with Gasteiger partial charge in [0.15, 0.2) is 15.6 Å². The third-order valence-electron chi connectivity index (χ3n) is 8.87. The monoisotopic (exact) mass is 665 g/mol. The van der Waals surface area contributed by atoms with Gasteiger partial charge in [0.2, 0.25) is 0 Å². The van der Waals surface area contributed by atoms with Crippen LogP contribution in [0.4, 0.5) is 10.6 Å². The largest absolute Gasteiger partial charge is 0.445 e. The van der Waals surface area contributed by atoms with Crippen molar-refractivity contribution in [2.24, 2.45) is 11.8 Å². The summed E-state index contributed by atoms with van der Waals surface area (Å²) in [6, 6.07) is 13.8. The number of hydrogen-bond donors (Lipinski definition) is 1. The summed E-state index contributed by atoms with van der Waals surface area (Å²) in [5.41, 5.74) is 3.51. The standard InChI is InChI=1S/C30H32IN7O3/c31-27-26-28(38(36-27)25-10-4-5-14-40-25)35-24(16-33-26)37-13-11-22-23(17-37)30(22,21-9-6-12-32-15-21)19-34-29(39)41-18-20-7-2-1-3-8-20/h1-3,6-9,12,15-16,22-23,25H,4-5,10-11,13-14,17-19H2,(H,34,39). The fourth-order valence-electron chi connectivity index (χ4n) is 6.74. The quantitative estimate of drug-likeness (QED) is 0.280. The van der Waals surface area contributed by atoms with Crippen molar-refractivity contribution < 1.29 is 14.3 Å². The summed E-state index contributed by atoms with van der Waals surface area (Å²) >= 11 is 2.23. The molecule has 10 nitrogen and oxygen atoms in total. The van der Waals surface area contributed by atoms with Gasteiger partial charge in [-0.25, -0.2) is 19.4 Å². The normalized spacial score (nSPS) is 25.5. The maximum atomic E-state index is 12.7. The zero-order chi connectivity index (χ0) is 27.8. The molecule has 1 aromatic carbocycles. The smallest absolute Gasteiger partial charge is 0.407 e. The van der Waals surface area contributed by atoms with Crippen molar-refractivity contribution in [2.45, 2.75) is 43.9 Å². The average Bonchev–Trinajstić information content (AvgIpc) is 3.57. The molecule has 1 amide bonds. The van der Waals surface area contributed by atoms with Crippen LogP contribution in [0.3, 0.4) is 0 Å². The lowest BCUT2D eigenvalue weighted by Gasteiger charge is -2.27. The van der Waals surface area contributed by atoms with Crippen molar-refractivity contribution in [3.63, 3.8) is 0 Å². The van der Waals surface area contributed by atoms with Gasteiger partial charge in [-0.2, -0.15) is 5.10 Å². The van der Waals surface area contributed by atoms with Crippen LogP contribution < -0.4 is 10.2 Å². The van der Waals surface area contributed by atoms with Crippen LogP contribution in [0.25, 0.3) is 11.2 Å². The minimum Gasteiger partial charge on any atom is -0.445 e. The second-order valence-corrected chi connectivity index (χ2v) is 12.1. The zero-order valence-electron chi connectivity index (χ0n) is 22.7. The summed E-state index contributed by atoms with van der Waals surface area (Å²) in [5.74, 6) is 1.64. The molecule has 1 N–H and O–H groups in total. The summed E-state index contributed by atoms with van der Waals surface area (Å²) in [5, 5.41) is 7.81. The zero-order valence-corrected chi connectivity index (χ0v) is 24.8. The highest BCUT2D eigenvalue weighted by Crippen LogP contribution is 2.63. The first-order chi connectivity index (χ1) is 20.1. The summed E-state index contributed by atoms with van der Waals surface area (Å²) in [6.07, 6.45) is 9.22. The fraction of sp³-hybridized carbons (Fsp3) is 0.433. The van der Waals surface area contributed by atoms with Gasteiger partial charge >= 0.3 is 6.09 Å². The molecule has 2 saturated heterocycles. The second-order valence-electron chi connectivity index (χ2n) is 11.1. The third kappa shape index (κ3) is 5.03. The SMILES string of the molecule is O=C(NCC1(c2cccnc2)C2CCN(c3cnc4c(I)nn(C5CCCCO5)c4n3)CC21)OCc1ccccc1. The van der Waals surface area contributed by atoms with Gasteiger partial charge in [-0.3, -0.25) is 4.98 Å². The van der Waals surface area contributed by atoms with E-state index in [1.165, 1.54) is 0 Å². The molecule has 1 aliphatic carbocycles. The lowest BCUT2D eigenvalue weighted by molar-refractivity contribution is -0.0372. The number of benzene rings is 1. The van der Waals surface area contributed by atoms with Crippen LogP contribution in [-0.4, -0.2) is 57.1 Å². The summed E-state index contributed by atoms with van der Waals surface area (Å²) < 4.78 is 14.3. The number of nitrogens with zero attached hydrogens (tertiary/aromatic N) is 6. The Hall–Kier alpha value is -3.32. The molecule has 0 spiro atoms. The number of anilines is 1. The maximum absolute atomic E-state index is 12.7. The van der Waals surface area contributed by atoms with Crippen molar-refractivity contribution in [3.8, 4) is 0 Å². The molecule has 2 aliphatic heterocycles. The van der Waals surface area contributed by atoms with E-state index in [0.717, 1.165) is 77.2 Å². The number of carbonyl (C=O) groups excluding carboxylic acids is 1. The summed E-state index contributed by atoms with van der Waals surface area (Å²) in [4.78, 5) is 29.3. The minimum atomic E-state index is -0.401. The highest BCUT2D eigenvalue weighted by Gasteiger charge is 2.66. The van der Waals surface area contributed by atoms with Crippen molar-refractivity contribution in [1.29, 1.82) is 0 Å². The summed E-state index contributed by atoms with van der Waals surface area (Å²) in [7, 11) is 0. The molecule has 5 heterocycles. The molecule has 0 radical (unpaired) electrons. The number of halogens is 1. The van der Waals surface area contributed by atoms with E-state index in [-0.39, 0.29) is 18.2 Å². The van der Waals surface area contributed by atoms with E-state index in [9.17, 15) is 4.79 Å². The van der Waals surface area contributed by atoms with Gasteiger partial charge in [-0.1, -0.05) is 36.4 Å². The van der Waals surface area contributed by atoms with Crippen LogP contribution in [0.15, 0.2) is 61.1 Å². The predicted octanol–water partition coefficient (Wildman–Crippen LogP) is 4.85. The Morgan fingerprint density at radius 3 is 2.83 bits per heavy atom. The molecule has 0 bridgehead atoms. The number of pyridine rings is 1. The van der Waals surface area contributed by atoms with Crippen LogP contribution in [0.1, 0.15) is 43.0 Å². The Labute approximate surface area is 252 Å². The van der Waals surface area contributed by atoms with Gasteiger partial charge in [-0.15, -0.1) is 0 Å². The number of alkyl carbamates (subject to hydrolysis) is 1. The van der Waals surface area contributed by atoms with Crippen LogP contribution in [0.5, 0.6) is 0 Å². The van der Waals surface area contributed by atoms with Gasteiger partial charge in [0.05, 0.1) is 6.20 Å². The van der Waals surface area contributed by atoms with E-state index >= 15 is 0 Å². The number of rotatable bonds is 7. The van der Waals surface area contributed by atoms with Gasteiger partial charge in [0.25, 0.3) is 0 Å². The van der Waals surface area contributed by atoms with E-state index in [0.29, 0.717) is 18.4 Å². The number of carbonyl (C=O) groups is 1. The number of ether oxygens (including phenoxy) is 2.